The number of hydrogen-bond acceptors (Lipinski definition) is 6. The van der Waals surface area contributed by atoms with Crippen molar-refractivity contribution in [2.24, 2.45) is 0 Å². The number of amides is 2. The molecule has 31 heavy (non-hydrogen) atoms. The average Bonchev–Trinajstić information content (AvgIpc) is 2.82. The van der Waals surface area contributed by atoms with Gasteiger partial charge in [0, 0.05) is 64.6 Å². The van der Waals surface area contributed by atoms with Crippen molar-refractivity contribution >= 4 is 17.8 Å². The predicted molar refractivity (Wildman–Crippen MR) is 118 cm³/mol. The van der Waals surface area contributed by atoms with E-state index in [9.17, 15) is 9.59 Å². The fourth-order valence-electron chi connectivity index (χ4n) is 4.27. The van der Waals surface area contributed by atoms with Gasteiger partial charge in [0.15, 0.2) is 0 Å². The van der Waals surface area contributed by atoms with E-state index in [1.165, 1.54) is 0 Å². The summed E-state index contributed by atoms with van der Waals surface area (Å²) in [4.78, 5) is 40.5. The number of hydrogen-bond donors (Lipinski definition) is 1. The molecule has 2 fully saturated rings. The number of nitrogens with zero attached hydrogens (tertiary/aromatic N) is 5. The lowest BCUT2D eigenvalue weighted by Gasteiger charge is -2.35. The number of likely N-dealkylation sites (tertiary alicyclic amines) is 1. The van der Waals surface area contributed by atoms with Gasteiger partial charge in [-0.15, -0.1) is 0 Å². The lowest BCUT2D eigenvalue weighted by Crippen LogP contribution is -2.50. The molecule has 2 aliphatic rings. The van der Waals surface area contributed by atoms with Crippen LogP contribution in [0.2, 0.25) is 0 Å². The highest BCUT2D eigenvalue weighted by molar-refractivity contribution is 5.89. The van der Waals surface area contributed by atoms with Gasteiger partial charge in [-0.1, -0.05) is 30.3 Å². The van der Waals surface area contributed by atoms with Crippen LogP contribution in [0.5, 0.6) is 0 Å². The molecule has 8 heteroatoms. The number of nitrogens with one attached hydrogen (secondary N) is 1. The molecular formula is C23H30N6O2. The normalized spacial score (nSPS) is 18.6. The Balaban J connectivity index is 1.30. The summed E-state index contributed by atoms with van der Waals surface area (Å²) in [7, 11) is 0. The van der Waals surface area contributed by atoms with Gasteiger partial charge in [-0.2, -0.15) is 0 Å². The molecule has 1 aromatic heterocycles. The van der Waals surface area contributed by atoms with Gasteiger partial charge in [0.25, 0.3) is 0 Å². The van der Waals surface area contributed by atoms with Gasteiger partial charge in [0.1, 0.15) is 6.04 Å². The van der Waals surface area contributed by atoms with Crippen LogP contribution in [-0.4, -0.2) is 77.4 Å². The van der Waals surface area contributed by atoms with Crippen molar-refractivity contribution in [3.63, 3.8) is 0 Å². The Morgan fingerprint density at radius 2 is 1.71 bits per heavy atom. The van der Waals surface area contributed by atoms with E-state index < -0.39 is 6.04 Å². The zero-order chi connectivity index (χ0) is 21.5. The third-order valence-electron chi connectivity index (χ3n) is 5.97. The summed E-state index contributed by atoms with van der Waals surface area (Å²) in [6, 6.07) is 10.9. The summed E-state index contributed by atoms with van der Waals surface area (Å²) in [5, 5.41) is 3.08. The van der Waals surface area contributed by atoms with Crippen molar-refractivity contribution in [3.8, 4) is 0 Å². The number of rotatable bonds is 7. The van der Waals surface area contributed by atoms with Crippen molar-refractivity contribution in [3.05, 3.63) is 54.4 Å². The molecule has 164 valence electrons. The number of piperidine rings is 1. The minimum atomic E-state index is -0.555. The maximum absolute atomic E-state index is 13.1. The van der Waals surface area contributed by atoms with E-state index in [2.05, 4.69) is 25.1 Å². The predicted octanol–water partition coefficient (Wildman–Crippen LogP) is 1.47. The zero-order valence-corrected chi connectivity index (χ0v) is 17.8. The van der Waals surface area contributed by atoms with Crippen molar-refractivity contribution in [2.45, 2.75) is 25.3 Å². The average molecular weight is 423 g/mol. The van der Waals surface area contributed by atoms with Gasteiger partial charge in [-0.25, -0.2) is 9.97 Å². The highest BCUT2D eigenvalue weighted by atomic mass is 16.2. The molecule has 1 unspecified atom stereocenters. The first-order valence-electron chi connectivity index (χ1n) is 11.1. The van der Waals surface area contributed by atoms with Crippen LogP contribution in [0.15, 0.2) is 48.8 Å². The summed E-state index contributed by atoms with van der Waals surface area (Å²) in [5.41, 5.74) is 0.867. The number of aromatic nitrogens is 2. The summed E-state index contributed by atoms with van der Waals surface area (Å²) in [6.45, 7) is 5.52. The molecule has 0 spiro atoms. The lowest BCUT2D eigenvalue weighted by atomic mass is 10.0. The van der Waals surface area contributed by atoms with Gasteiger partial charge in [-0.3, -0.25) is 14.5 Å². The third-order valence-corrected chi connectivity index (χ3v) is 5.97. The van der Waals surface area contributed by atoms with E-state index in [0.717, 1.165) is 57.1 Å². The van der Waals surface area contributed by atoms with E-state index in [1.807, 2.05) is 36.4 Å². The third kappa shape index (κ3) is 5.38. The van der Waals surface area contributed by atoms with Gasteiger partial charge in [0.05, 0.1) is 0 Å². The van der Waals surface area contributed by atoms with Crippen LogP contribution in [0.25, 0.3) is 0 Å². The Kier molecular flexibility index (Phi) is 7.09. The molecule has 4 rings (SSSR count). The number of benzene rings is 1. The van der Waals surface area contributed by atoms with Crippen molar-refractivity contribution in [1.29, 1.82) is 0 Å². The second-order valence-electron chi connectivity index (χ2n) is 8.03. The molecule has 1 atom stereocenters. The van der Waals surface area contributed by atoms with E-state index in [4.69, 9.17) is 0 Å². The van der Waals surface area contributed by atoms with Crippen LogP contribution in [0, 0.1) is 0 Å². The molecule has 8 nitrogen and oxygen atoms in total. The van der Waals surface area contributed by atoms with Crippen LogP contribution in [-0.2, 0) is 9.59 Å². The fraction of sp³-hybridized carbons (Fsp3) is 0.478. The molecule has 1 aromatic carbocycles. The van der Waals surface area contributed by atoms with Crippen molar-refractivity contribution in [1.82, 2.24) is 25.1 Å². The largest absolute Gasteiger partial charge is 0.353 e. The molecule has 2 aromatic rings. The van der Waals surface area contributed by atoms with Crippen molar-refractivity contribution in [2.75, 3.05) is 50.7 Å². The second-order valence-corrected chi connectivity index (χ2v) is 8.03. The smallest absolute Gasteiger partial charge is 0.247 e. The highest BCUT2D eigenvalue weighted by Gasteiger charge is 2.32. The quantitative estimate of drug-likeness (QED) is 0.728. The summed E-state index contributed by atoms with van der Waals surface area (Å²) in [6.07, 6.45) is 5.89. The molecule has 2 amide bonds. The Morgan fingerprint density at radius 1 is 0.968 bits per heavy atom. The van der Waals surface area contributed by atoms with Crippen LogP contribution in [0.3, 0.4) is 0 Å². The number of carbonyl (C=O) groups excluding carboxylic acids is 2. The first kappa shape index (κ1) is 21.2. The van der Waals surface area contributed by atoms with Gasteiger partial charge in [0.2, 0.25) is 17.8 Å². The van der Waals surface area contributed by atoms with Crippen LogP contribution < -0.4 is 10.2 Å². The number of piperazine rings is 1. The van der Waals surface area contributed by atoms with Gasteiger partial charge < -0.3 is 15.1 Å². The Hall–Kier alpha value is -3.00. The monoisotopic (exact) mass is 422 g/mol. The Labute approximate surface area is 183 Å². The van der Waals surface area contributed by atoms with Crippen LogP contribution in [0.4, 0.5) is 5.95 Å². The van der Waals surface area contributed by atoms with E-state index >= 15 is 0 Å². The molecule has 3 heterocycles. The fourth-order valence-corrected chi connectivity index (χ4v) is 4.27. The summed E-state index contributed by atoms with van der Waals surface area (Å²) < 4.78 is 0. The minimum Gasteiger partial charge on any atom is -0.353 e. The van der Waals surface area contributed by atoms with Crippen LogP contribution in [0.1, 0.15) is 30.9 Å². The van der Waals surface area contributed by atoms with Crippen molar-refractivity contribution < 1.29 is 9.59 Å². The van der Waals surface area contributed by atoms with Crippen LogP contribution >= 0.6 is 0 Å². The van der Waals surface area contributed by atoms with E-state index in [0.29, 0.717) is 19.5 Å². The van der Waals surface area contributed by atoms with Gasteiger partial charge in [-0.05, 0) is 24.5 Å². The first-order chi connectivity index (χ1) is 15.2. The standard InChI is InChI=1S/C23H30N6O2/c30-20-9-4-5-13-29(20)21(19-7-2-1-3-8-19)22(31)24-12-14-27-15-17-28(18-16-27)23-25-10-6-11-26-23/h1-3,6-8,10-11,21H,4-5,9,12-18H2,(H,24,31). The molecule has 2 aliphatic heterocycles. The SMILES string of the molecule is O=C(NCCN1CCN(c2ncccn2)CC1)C(c1ccccc1)N1CCCCC1=O. The maximum atomic E-state index is 13.1. The second kappa shape index (κ2) is 10.3. The molecular weight excluding hydrogens is 392 g/mol. The summed E-state index contributed by atoms with van der Waals surface area (Å²) >= 11 is 0. The van der Waals surface area contributed by atoms with E-state index in [-0.39, 0.29) is 11.8 Å². The Bertz CT molecular complexity index is 855. The Morgan fingerprint density at radius 3 is 2.42 bits per heavy atom. The number of carbonyl (C=O) groups is 2. The maximum Gasteiger partial charge on any atom is 0.247 e. The van der Waals surface area contributed by atoms with E-state index in [1.54, 1.807) is 17.3 Å². The summed E-state index contributed by atoms with van der Waals surface area (Å²) in [5.74, 6) is 0.736. The topological polar surface area (TPSA) is 81.7 Å². The highest BCUT2D eigenvalue weighted by Crippen LogP contribution is 2.25. The molecule has 0 bridgehead atoms. The lowest BCUT2D eigenvalue weighted by molar-refractivity contribution is -0.142. The first-order valence-corrected chi connectivity index (χ1v) is 11.1. The molecule has 1 N–H and O–H groups in total. The van der Waals surface area contributed by atoms with Gasteiger partial charge >= 0.3 is 0 Å². The molecule has 2 saturated heterocycles. The minimum absolute atomic E-state index is 0.0644. The zero-order valence-electron chi connectivity index (χ0n) is 17.8. The number of anilines is 1. The molecule has 0 saturated carbocycles. The molecule has 0 aliphatic carbocycles. The molecule has 0 radical (unpaired) electrons.